The van der Waals surface area contributed by atoms with E-state index >= 15 is 0 Å². The Hall–Kier alpha value is -4.48. The Labute approximate surface area is 202 Å². The first-order chi connectivity index (χ1) is 17.0. The molecule has 0 saturated heterocycles. The lowest BCUT2D eigenvalue weighted by Crippen LogP contribution is -2.39. The predicted molar refractivity (Wildman–Crippen MR) is 131 cm³/mol. The van der Waals surface area contributed by atoms with Gasteiger partial charge < -0.3 is 10.6 Å². The molecule has 0 radical (unpaired) electrons. The van der Waals surface area contributed by atoms with Crippen LogP contribution < -0.4 is 10.6 Å². The fourth-order valence-corrected chi connectivity index (χ4v) is 3.73. The van der Waals surface area contributed by atoms with E-state index in [1.165, 1.54) is 18.3 Å². The second-order valence-electron chi connectivity index (χ2n) is 7.94. The van der Waals surface area contributed by atoms with Crippen molar-refractivity contribution in [2.45, 2.75) is 12.5 Å². The highest BCUT2D eigenvalue weighted by atomic mass is 19.1. The molecule has 3 N–H and O–H groups in total. The summed E-state index contributed by atoms with van der Waals surface area (Å²) in [5, 5.41) is 26.5. The number of rotatable bonds is 8. The number of anilines is 1. The maximum absolute atomic E-state index is 13.5. The normalized spacial score (nSPS) is 14.4. The van der Waals surface area contributed by atoms with Gasteiger partial charge >= 0.3 is 0 Å². The van der Waals surface area contributed by atoms with Gasteiger partial charge in [-0.2, -0.15) is 5.26 Å². The van der Waals surface area contributed by atoms with Crippen LogP contribution in [0.5, 0.6) is 0 Å². The monoisotopic (exact) mass is 469 g/mol. The maximum Gasteiger partial charge on any atom is 0.255 e. The molecule has 1 unspecified atom stereocenters. The van der Waals surface area contributed by atoms with Gasteiger partial charge in [-0.3, -0.25) is 15.1 Å². The first-order valence-corrected chi connectivity index (χ1v) is 11.1. The van der Waals surface area contributed by atoms with Crippen molar-refractivity contribution < 1.29 is 14.4 Å². The summed E-state index contributed by atoms with van der Waals surface area (Å²) in [5.41, 5.74) is 2.82. The topological polar surface area (TPSA) is 101 Å². The van der Waals surface area contributed by atoms with Crippen molar-refractivity contribution in [2.75, 3.05) is 18.4 Å². The van der Waals surface area contributed by atoms with E-state index in [4.69, 9.17) is 0 Å². The number of carbonyl (C=O) groups excluding carboxylic acids is 1. The average molecular weight is 470 g/mol. The molecule has 0 aliphatic carbocycles. The minimum atomic E-state index is -0.386. The zero-order chi connectivity index (χ0) is 24.6. The number of benzene rings is 2. The van der Waals surface area contributed by atoms with Crippen LogP contribution in [0.2, 0.25) is 0 Å². The highest BCUT2D eigenvalue weighted by Gasteiger charge is 2.18. The smallest absolute Gasteiger partial charge is 0.255 e. The maximum atomic E-state index is 13.5. The molecule has 1 atom stereocenters. The number of hydrogen-bond acceptors (Lipinski definition) is 6. The lowest BCUT2D eigenvalue weighted by Gasteiger charge is -2.24. The molecule has 35 heavy (non-hydrogen) atoms. The van der Waals surface area contributed by atoms with Crippen LogP contribution >= 0.6 is 0 Å². The Bertz CT molecular complexity index is 1310. The van der Waals surface area contributed by atoms with Gasteiger partial charge in [0.15, 0.2) is 0 Å². The van der Waals surface area contributed by atoms with Gasteiger partial charge in [0.25, 0.3) is 5.91 Å². The standard InChI is InChI=1S/C27H24FN5O2/c28-21-8-5-6-19(16-21)13-14-30-26-24(27(34)31-18-22-9-3-4-15-33(22)35)11-12-25(32-26)23-10-2-1-7-20(23)17-29/h1-12,15-16,22,35H,13-14,18H2,(H,30,32)(H,31,34). The Balaban J connectivity index is 1.56. The van der Waals surface area contributed by atoms with Crippen molar-refractivity contribution in [3.8, 4) is 17.3 Å². The van der Waals surface area contributed by atoms with Crippen LogP contribution in [0.1, 0.15) is 21.5 Å². The van der Waals surface area contributed by atoms with Crippen molar-refractivity contribution in [2.24, 2.45) is 0 Å². The van der Waals surface area contributed by atoms with E-state index in [0.717, 1.165) is 10.6 Å². The summed E-state index contributed by atoms with van der Waals surface area (Å²) >= 11 is 0. The molecule has 1 aliphatic heterocycles. The van der Waals surface area contributed by atoms with Crippen molar-refractivity contribution in [1.29, 1.82) is 5.26 Å². The van der Waals surface area contributed by atoms with E-state index in [1.54, 1.807) is 54.6 Å². The van der Waals surface area contributed by atoms with Gasteiger partial charge in [-0.05, 0) is 48.4 Å². The lowest BCUT2D eigenvalue weighted by molar-refractivity contribution is -0.0642. The molecule has 176 valence electrons. The van der Waals surface area contributed by atoms with Crippen molar-refractivity contribution in [3.63, 3.8) is 0 Å². The summed E-state index contributed by atoms with van der Waals surface area (Å²) in [5.74, 6) is -0.313. The van der Waals surface area contributed by atoms with Crippen LogP contribution in [0.3, 0.4) is 0 Å². The number of nitriles is 1. The molecule has 2 aromatic carbocycles. The van der Waals surface area contributed by atoms with E-state index in [-0.39, 0.29) is 24.3 Å². The predicted octanol–water partition coefficient (Wildman–Crippen LogP) is 4.29. The van der Waals surface area contributed by atoms with Gasteiger partial charge in [-0.15, -0.1) is 0 Å². The number of halogens is 1. The molecule has 2 heterocycles. The van der Waals surface area contributed by atoms with Crippen molar-refractivity contribution >= 4 is 11.7 Å². The quantitative estimate of drug-likeness (QED) is 0.455. The number of nitrogens with one attached hydrogen (secondary N) is 2. The number of allylic oxidation sites excluding steroid dienone is 2. The number of nitrogens with zero attached hydrogens (tertiary/aromatic N) is 3. The third kappa shape index (κ3) is 5.91. The largest absolute Gasteiger partial charge is 0.369 e. The van der Waals surface area contributed by atoms with Gasteiger partial charge in [-0.1, -0.05) is 42.5 Å². The third-order valence-corrected chi connectivity index (χ3v) is 5.55. The Morgan fingerprint density at radius 3 is 2.80 bits per heavy atom. The van der Waals surface area contributed by atoms with Gasteiger partial charge in [-0.25, -0.2) is 9.37 Å². The van der Waals surface area contributed by atoms with Gasteiger partial charge in [0.2, 0.25) is 0 Å². The Morgan fingerprint density at radius 1 is 1.14 bits per heavy atom. The van der Waals surface area contributed by atoms with Crippen LogP contribution in [-0.2, 0) is 6.42 Å². The average Bonchev–Trinajstić information content (AvgIpc) is 2.88. The van der Waals surface area contributed by atoms with Crippen molar-refractivity contribution in [1.82, 2.24) is 15.4 Å². The molecule has 8 heteroatoms. The van der Waals surface area contributed by atoms with Crippen LogP contribution in [0, 0.1) is 17.1 Å². The molecule has 7 nitrogen and oxygen atoms in total. The zero-order valence-electron chi connectivity index (χ0n) is 18.9. The molecule has 0 spiro atoms. The first-order valence-electron chi connectivity index (χ1n) is 11.1. The van der Waals surface area contributed by atoms with Gasteiger partial charge in [0.05, 0.1) is 28.9 Å². The highest BCUT2D eigenvalue weighted by Crippen LogP contribution is 2.25. The van der Waals surface area contributed by atoms with Crippen LogP contribution in [0.4, 0.5) is 10.2 Å². The number of amides is 1. The van der Waals surface area contributed by atoms with Crippen LogP contribution in [0.25, 0.3) is 11.3 Å². The summed E-state index contributed by atoms with van der Waals surface area (Å²) < 4.78 is 13.5. The summed E-state index contributed by atoms with van der Waals surface area (Å²) in [6.45, 7) is 0.610. The number of aromatic nitrogens is 1. The Morgan fingerprint density at radius 2 is 2.00 bits per heavy atom. The number of carbonyl (C=O) groups is 1. The summed E-state index contributed by atoms with van der Waals surface area (Å²) in [7, 11) is 0. The molecule has 0 saturated carbocycles. The minimum Gasteiger partial charge on any atom is -0.369 e. The van der Waals surface area contributed by atoms with Crippen LogP contribution in [0.15, 0.2) is 85.1 Å². The second-order valence-corrected chi connectivity index (χ2v) is 7.94. The van der Waals surface area contributed by atoms with E-state index in [9.17, 15) is 19.7 Å². The fraction of sp³-hybridized carbons (Fsp3) is 0.148. The second kappa shape index (κ2) is 11.1. The lowest BCUT2D eigenvalue weighted by atomic mass is 10.0. The van der Waals surface area contributed by atoms with Gasteiger partial charge in [0, 0.05) is 24.9 Å². The molecule has 0 bridgehead atoms. The summed E-state index contributed by atoms with van der Waals surface area (Å²) in [4.78, 5) is 17.7. The molecule has 1 aliphatic rings. The SMILES string of the molecule is N#Cc1ccccc1-c1ccc(C(=O)NCC2C=CC=CN2O)c(NCCc2cccc(F)c2)n1. The Kier molecular flexibility index (Phi) is 7.50. The number of hydroxylamine groups is 2. The first kappa shape index (κ1) is 23.7. The summed E-state index contributed by atoms with van der Waals surface area (Å²) in [6.07, 6.45) is 7.31. The van der Waals surface area contributed by atoms with Crippen LogP contribution in [-0.4, -0.2) is 40.3 Å². The van der Waals surface area contributed by atoms with Crippen molar-refractivity contribution in [3.05, 3.63) is 108 Å². The molecule has 1 amide bonds. The van der Waals surface area contributed by atoms with E-state index in [2.05, 4.69) is 21.7 Å². The molecular formula is C27H24FN5O2. The van der Waals surface area contributed by atoms with Gasteiger partial charge in [0.1, 0.15) is 11.6 Å². The molecule has 4 rings (SSSR count). The highest BCUT2D eigenvalue weighted by molar-refractivity contribution is 5.99. The molecule has 0 fully saturated rings. The molecule has 1 aromatic heterocycles. The molecular weight excluding hydrogens is 445 g/mol. The number of pyridine rings is 1. The number of hydrogen-bond donors (Lipinski definition) is 3. The summed E-state index contributed by atoms with van der Waals surface area (Å²) in [6, 6.07) is 18.6. The van der Waals surface area contributed by atoms with E-state index in [0.29, 0.717) is 41.2 Å². The zero-order valence-corrected chi connectivity index (χ0v) is 18.9. The van der Waals surface area contributed by atoms with E-state index in [1.807, 2.05) is 12.1 Å². The fourth-order valence-electron chi connectivity index (χ4n) is 3.73. The van der Waals surface area contributed by atoms with E-state index < -0.39 is 0 Å². The third-order valence-electron chi connectivity index (χ3n) is 5.55. The molecule has 3 aromatic rings. The minimum absolute atomic E-state index is 0.192.